The van der Waals surface area contributed by atoms with Gasteiger partial charge < -0.3 is 20.1 Å². The Labute approximate surface area is 161 Å². The molecule has 6 heteroatoms. The van der Waals surface area contributed by atoms with Crippen LogP contribution in [0.15, 0.2) is 47.5 Å². The van der Waals surface area contributed by atoms with Crippen LogP contribution < -0.4 is 15.4 Å². The lowest BCUT2D eigenvalue weighted by molar-refractivity contribution is 0.0389. The van der Waals surface area contributed by atoms with Gasteiger partial charge in [-0.2, -0.15) is 0 Å². The van der Waals surface area contributed by atoms with Crippen molar-refractivity contribution in [2.75, 3.05) is 59.6 Å². The molecule has 146 valence electrons. The van der Waals surface area contributed by atoms with E-state index in [-0.39, 0.29) is 0 Å². The fraction of sp³-hybridized carbons (Fsp3) is 0.476. The summed E-state index contributed by atoms with van der Waals surface area (Å²) in [4.78, 5) is 6.68. The third-order valence-electron chi connectivity index (χ3n) is 4.65. The Bertz CT molecular complexity index is 729. The molecular weight excluding hydrogens is 340 g/mol. The van der Waals surface area contributed by atoms with Gasteiger partial charge in [0.15, 0.2) is 5.96 Å². The van der Waals surface area contributed by atoms with E-state index in [1.807, 2.05) is 12.1 Å². The van der Waals surface area contributed by atoms with Crippen molar-refractivity contribution in [1.82, 2.24) is 15.5 Å². The number of nitrogens with one attached hydrogen (secondary N) is 2. The third-order valence-corrected chi connectivity index (χ3v) is 4.65. The number of guanidine groups is 1. The highest BCUT2D eigenvalue weighted by molar-refractivity contribution is 5.83. The van der Waals surface area contributed by atoms with Crippen LogP contribution in [0.4, 0.5) is 0 Å². The number of rotatable bonds is 8. The first kappa shape index (κ1) is 19.5. The van der Waals surface area contributed by atoms with Gasteiger partial charge in [-0.3, -0.25) is 9.89 Å². The second kappa shape index (κ2) is 10.7. The molecule has 0 radical (unpaired) electrons. The van der Waals surface area contributed by atoms with Gasteiger partial charge >= 0.3 is 0 Å². The van der Waals surface area contributed by atoms with Crippen LogP contribution in [-0.4, -0.2) is 70.5 Å². The molecule has 1 fully saturated rings. The molecule has 0 bridgehead atoms. The van der Waals surface area contributed by atoms with Gasteiger partial charge in [0.25, 0.3) is 0 Å². The fourth-order valence-electron chi connectivity index (χ4n) is 3.10. The summed E-state index contributed by atoms with van der Waals surface area (Å²) in [7, 11) is 1.80. The number of ether oxygens (including phenoxy) is 2. The van der Waals surface area contributed by atoms with Gasteiger partial charge in [0.05, 0.1) is 19.8 Å². The first-order valence-corrected chi connectivity index (χ1v) is 9.71. The summed E-state index contributed by atoms with van der Waals surface area (Å²) in [5.41, 5.74) is 0. The lowest BCUT2D eigenvalue weighted by Gasteiger charge is -2.26. The van der Waals surface area contributed by atoms with E-state index in [9.17, 15) is 0 Å². The first-order valence-electron chi connectivity index (χ1n) is 9.71. The minimum absolute atomic E-state index is 0.677. The predicted molar refractivity (Wildman–Crippen MR) is 111 cm³/mol. The van der Waals surface area contributed by atoms with E-state index < -0.39 is 0 Å². The first-order chi connectivity index (χ1) is 13.3. The number of nitrogens with zero attached hydrogens (tertiary/aromatic N) is 2. The Balaban J connectivity index is 1.29. The molecule has 1 saturated heterocycles. The monoisotopic (exact) mass is 370 g/mol. The highest BCUT2D eigenvalue weighted by Crippen LogP contribution is 2.20. The van der Waals surface area contributed by atoms with E-state index in [1.165, 1.54) is 10.8 Å². The molecule has 0 unspecified atom stereocenters. The molecule has 6 nitrogen and oxygen atoms in total. The number of hydrogen-bond donors (Lipinski definition) is 2. The number of aliphatic imine (C=N–C) groups is 1. The summed E-state index contributed by atoms with van der Waals surface area (Å²) in [5, 5.41) is 9.14. The van der Waals surface area contributed by atoms with E-state index in [4.69, 9.17) is 9.47 Å². The van der Waals surface area contributed by atoms with Crippen molar-refractivity contribution in [2.45, 2.75) is 6.42 Å². The Morgan fingerprint density at radius 1 is 1.07 bits per heavy atom. The van der Waals surface area contributed by atoms with Crippen LogP contribution in [0.25, 0.3) is 10.8 Å². The third kappa shape index (κ3) is 6.41. The number of benzene rings is 2. The zero-order chi connectivity index (χ0) is 18.7. The van der Waals surface area contributed by atoms with Gasteiger partial charge in [-0.1, -0.05) is 30.3 Å². The molecule has 0 atom stereocenters. The smallest absolute Gasteiger partial charge is 0.191 e. The molecule has 1 aliphatic heterocycles. The highest BCUT2D eigenvalue weighted by atomic mass is 16.5. The minimum Gasteiger partial charge on any atom is -0.494 e. The molecule has 2 aromatic carbocycles. The summed E-state index contributed by atoms with van der Waals surface area (Å²) in [6.07, 6.45) is 0.914. The van der Waals surface area contributed by atoms with Crippen LogP contribution >= 0.6 is 0 Å². The van der Waals surface area contributed by atoms with Crippen molar-refractivity contribution < 1.29 is 9.47 Å². The van der Waals surface area contributed by atoms with Crippen LogP contribution in [0, 0.1) is 0 Å². The summed E-state index contributed by atoms with van der Waals surface area (Å²) < 4.78 is 11.2. The second-order valence-electron chi connectivity index (χ2n) is 6.59. The average Bonchev–Trinajstić information content (AvgIpc) is 2.73. The van der Waals surface area contributed by atoms with Crippen molar-refractivity contribution in [3.63, 3.8) is 0 Å². The van der Waals surface area contributed by atoms with Crippen LogP contribution in [0.5, 0.6) is 5.75 Å². The van der Waals surface area contributed by atoms with Crippen molar-refractivity contribution in [3.05, 3.63) is 42.5 Å². The van der Waals surface area contributed by atoms with Gasteiger partial charge in [0.2, 0.25) is 0 Å². The van der Waals surface area contributed by atoms with Crippen molar-refractivity contribution in [1.29, 1.82) is 0 Å². The summed E-state index contributed by atoms with van der Waals surface area (Å²) in [6, 6.07) is 14.5. The molecule has 2 N–H and O–H groups in total. The van der Waals surface area contributed by atoms with Gasteiger partial charge in [-0.15, -0.1) is 0 Å². The average molecular weight is 370 g/mol. The van der Waals surface area contributed by atoms with E-state index in [2.05, 4.69) is 50.9 Å². The van der Waals surface area contributed by atoms with Crippen molar-refractivity contribution in [3.8, 4) is 5.75 Å². The SMILES string of the molecule is CN=C(NCCCOc1ccc2ccccc2c1)NCCN1CCOCC1. The minimum atomic E-state index is 0.677. The lowest BCUT2D eigenvalue weighted by Crippen LogP contribution is -2.44. The van der Waals surface area contributed by atoms with Gasteiger partial charge in [-0.05, 0) is 29.3 Å². The largest absolute Gasteiger partial charge is 0.494 e. The lowest BCUT2D eigenvalue weighted by atomic mass is 10.1. The zero-order valence-electron chi connectivity index (χ0n) is 16.1. The Morgan fingerprint density at radius 2 is 1.85 bits per heavy atom. The summed E-state index contributed by atoms with van der Waals surface area (Å²) in [6.45, 7) is 7.09. The van der Waals surface area contributed by atoms with Crippen LogP contribution in [0.2, 0.25) is 0 Å². The van der Waals surface area contributed by atoms with E-state index in [1.54, 1.807) is 7.05 Å². The Kier molecular flexibility index (Phi) is 7.74. The zero-order valence-corrected chi connectivity index (χ0v) is 16.1. The predicted octanol–water partition coefficient (Wildman–Crippen LogP) is 2.11. The van der Waals surface area contributed by atoms with E-state index in [0.29, 0.717) is 6.61 Å². The Morgan fingerprint density at radius 3 is 2.67 bits per heavy atom. The maximum Gasteiger partial charge on any atom is 0.191 e. The Hall–Kier alpha value is -2.31. The molecule has 27 heavy (non-hydrogen) atoms. The molecular formula is C21H30N4O2. The summed E-state index contributed by atoms with van der Waals surface area (Å²) in [5.74, 6) is 1.76. The molecule has 1 heterocycles. The quantitative estimate of drug-likeness (QED) is 0.423. The van der Waals surface area contributed by atoms with Crippen LogP contribution in [0.1, 0.15) is 6.42 Å². The van der Waals surface area contributed by atoms with Gasteiger partial charge in [0.1, 0.15) is 5.75 Å². The molecule has 3 rings (SSSR count). The molecule has 2 aromatic rings. The summed E-state index contributed by atoms with van der Waals surface area (Å²) >= 11 is 0. The second-order valence-corrected chi connectivity index (χ2v) is 6.59. The maximum absolute atomic E-state index is 5.87. The van der Waals surface area contributed by atoms with E-state index in [0.717, 1.165) is 64.1 Å². The van der Waals surface area contributed by atoms with Crippen molar-refractivity contribution >= 4 is 16.7 Å². The van der Waals surface area contributed by atoms with Crippen LogP contribution in [-0.2, 0) is 4.74 Å². The number of morpholine rings is 1. The molecule has 0 aromatic heterocycles. The molecule has 0 spiro atoms. The fourth-order valence-corrected chi connectivity index (χ4v) is 3.10. The standard InChI is InChI=1S/C21H30N4O2/c1-22-21(24-10-11-25-12-15-26-16-13-25)23-9-4-14-27-20-8-7-18-5-2-3-6-19(18)17-20/h2-3,5-8,17H,4,9-16H2,1H3,(H2,22,23,24). The molecule has 0 aliphatic carbocycles. The maximum atomic E-state index is 5.87. The van der Waals surface area contributed by atoms with Gasteiger partial charge in [-0.25, -0.2) is 0 Å². The van der Waals surface area contributed by atoms with Crippen LogP contribution in [0.3, 0.4) is 0 Å². The molecule has 0 saturated carbocycles. The molecule has 1 aliphatic rings. The van der Waals surface area contributed by atoms with E-state index >= 15 is 0 Å². The topological polar surface area (TPSA) is 58.1 Å². The van der Waals surface area contributed by atoms with Gasteiger partial charge in [0, 0.05) is 39.8 Å². The number of fused-ring (bicyclic) bond motifs is 1. The highest BCUT2D eigenvalue weighted by Gasteiger charge is 2.09. The number of hydrogen-bond acceptors (Lipinski definition) is 4. The molecule has 0 amide bonds. The normalized spacial score (nSPS) is 15.7. The van der Waals surface area contributed by atoms with Crippen molar-refractivity contribution in [2.24, 2.45) is 4.99 Å².